The van der Waals surface area contributed by atoms with Crippen molar-refractivity contribution in [2.75, 3.05) is 13.1 Å². The average Bonchev–Trinajstić information content (AvgIpc) is 3.58. The Balaban J connectivity index is 1.77. The molecule has 1 aromatic heterocycles. The highest BCUT2D eigenvalue weighted by Gasteiger charge is 2.33. The Labute approximate surface area is 198 Å². The van der Waals surface area contributed by atoms with Crippen LogP contribution in [-0.2, 0) is 27.7 Å². The average molecular weight is 472 g/mol. The van der Waals surface area contributed by atoms with Crippen molar-refractivity contribution in [3.8, 4) is 0 Å². The molecule has 1 unspecified atom stereocenters. The summed E-state index contributed by atoms with van der Waals surface area (Å²) in [5.41, 5.74) is 2.79. The second-order valence-electron chi connectivity index (χ2n) is 11.4. The minimum absolute atomic E-state index is 0.0000863. The first-order chi connectivity index (χ1) is 15.4. The Bertz CT molecular complexity index is 1160. The summed E-state index contributed by atoms with van der Waals surface area (Å²) < 4.78 is 30.1. The number of fused-ring (bicyclic) bond motifs is 2. The molecule has 180 valence electrons. The van der Waals surface area contributed by atoms with E-state index in [1.54, 1.807) is 0 Å². The maximum atomic E-state index is 13.6. The first kappa shape index (κ1) is 24.1. The second-order valence-corrected chi connectivity index (χ2v) is 13.1. The van der Waals surface area contributed by atoms with Crippen molar-refractivity contribution < 1.29 is 13.2 Å². The van der Waals surface area contributed by atoms with Gasteiger partial charge in [-0.25, -0.2) is 13.1 Å². The number of nitrogens with zero attached hydrogens (tertiary/aromatic N) is 1. The summed E-state index contributed by atoms with van der Waals surface area (Å²) in [6.07, 6.45) is 5.89. The number of hydrogen-bond acceptors (Lipinski definition) is 4. The molecule has 2 aromatic rings. The fourth-order valence-corrected chi connectivity index (χ4v) is 6.18. The fraction of sp³-hybridized carbons (Fsp3) is 0.615. The molecule has 0 radical (unpaired) electrons. The number of amides is 1. The number of nitrogens with one attached hydrogen (secondary N) is 2. The number of aromatic nitrogens is 1. The van der Waals surface area contributed by atoms with Gasteiger partial charge in [-0.05, 0) is 66.7 Å². The summed E-state index contributed by atoms with van der Waals surface area (Å²) >= 11 is 0. The Morgan fingerprint density at radius 2 is 1.91 bits per heavy atom. The third-order valence-corrected chi connectivity index (χ3v) is 8.06. The van der Waals surface area contributed by atoms with E-state index in [1.807, 2.05) is 26.1 Å². The van der Waals surface area contributed by atoms with Crippen LogP contribution >= 0.6 is 0 Å². The number of hydrogen-bond donors (Lipinski definition) is 2. The lowest BCUT2D eigenvalue weighted by Crippen LogP contribution is -2.39. The molecular weight excluding hydrogens is 434 g/mol. The van der Waals surface area contributed by atoms with Crippen LogP contribution in [0.15, 0.2) is 23.2 Å². The Hall–Kier alpha value is -1.99. The highest BCUT2D eigenvalue weighted by atomic mass is 32.2. The van der Waals surface area contributed by atoms with Crippen LogP contribution in [0.3, 0.4) is 0 Å². The van der Waals surface area contributed by atoms with E-state index in [0.717, 1.165) is 46.9 Å². The zero-order valence-electron chi connectivity index (χ0n) is 20.5. The lowest BCUT2D eigenvalue weighted by atomic mass is 9.82. The minimum atomic E-state index is -3.74. The molecule has 33 heavy (non-hydrogen) atoms. The molecule has 4 rings (SSSR count). The van der Waals surface area contributed by atoms with Crippen LogP contribution in [0.1, 0.15) is 76.6 Å². The van der Waals surface area contributed by atoms with Gasteiger partial charge in [-0.2, -0.15) is 0 Å². The van der Waals surface area contributed by atoms with Gasteiger partial charge in [-0.1, -0.05) is 34.6 Å². The molecule has 2 aliphatic carbocycles. The summed E-state index contributed by atoms with van der Waals surface area (Å²) in [6, 6.07) is 4.06. The van der Waals surface area contributed by atoms with E-state index in [9.17, 15) is 13.2 Å². The molecule has 1 saturated carbocycles. The topological polar surface area (TPSA) is 88.2 Å². The zero-order chi connectivity index (χ0) is 24.0. The molecule has 1 aromatic carbocycles. The maximum Gasteiger partial charge on any atom is 0.241 e. The van der Waals surface area contributed by atoms with Gasteiger partial charge in [0.2, 0.25) is 15.9 Å². The summed E-state index contributed by atoms with van der Waals surface area (Å²) in [5, 5.41) is 4.67. The van der Waals surface area contributed by atoms with E-state index < -0.39 is 10.0 Å². The van der Waals surface area contributed by atoms with Gasteiger partial charge in [0.25, 0.3) is 0 Å². The van der Waals surface area contributed by atoms with Crippen molar-refractivity contribution in [3.63, 3.8) is 0 Å². The van der Waals surface area contributed by atoms with Crippen molar-refractivity contribution in [3.05, 3.63) is 35.2 Å². The van der Waals surface area contributed by atoms with E-state index >= 15 is 0 Å². The fourth-order valence-electron chi connectivity index (χ4n) is 4.48. The molecular formula is C26H37N3O3S. The van der Waals surface area contributed by atoms with Crippen LogP contribution in [0.4, 0.5) is 0 Å². The highest BCUT2D eigenvalue weighted by molar-refractivity contribution is 7.89. The minimum Gasteiger partial charge on any atom is -0.355 e. The van der Waals surface area contributed by atoms with Crippen LogP contribution in [-0.4, -0.2) is 32.4 Å². The van der Waals surface area contributed by atoms with E-state index in [4.69, 9.17) is 0 Å². The first-order valence-corrected chi connectivity index (χ1v) is 13.6. The van der Waals surface area contributed by atoms with Crippen molar-refractivity contribution in [1.29, 1.82) is 0 Å². The van der Waals surface area contributed by atoms with Crippen LogP contribution < -0.4 is 10.0 Å². The van der Waals surface area contributed by atoms with Gasteiger partial charge in [-0.15, -0.1) is 0 Å². The number of aryl methyl sites for hydroxylation is 1. The lowest BCUT2D eigenvalue weighted by molar-refractivity contribution is -0.125. The maximum absolute atomic E-state index is 13.6. The van der Waals surface area contributed by atoms with Crippen LogP contribution in [0.2, 0.25) is 0 Å². The predicted octanol–water partition coefficient (Wildman–Crippen LogP) is 4.31. The molecule has 0 aliphatic heterocycles. The van der Waals surface area contributed by atoms with E-state index in [-0.39, 0.29) is 23.2 Å². The molecule has 7 heteroatoms. The van der Waals surface area contributed by atoms with E-state index in [0.29, 0.717) is 36.7 Å². The SMILES string of the molecule is CC(C)CNS(=O)(=O)c1c2c(cc3cnc(C4CC4)cc13)CCC(C(=O)NCC(C)(C)C)C2. The van der Waals surface area contributed by atoms with Crippen molar-refractivity contribution >= 4 is 26.7 Å². The third-order valence-electron chi connectivity index (χ3n) is 6.51. The van der Waals surface area contributed by atoms with Gasteiger partial charge >= 0.3 is 0 Å². The monoisotopic (exact) mass is 471 g/mol. The molecule has 0 spiro atoms. The van der Waals surface area contributed by atoms with Crippen LogP contribution in [0, 0.1) is 17.3 Å². The third kappa shape index (κ3) is 5.57. The molecule has 1 amide bonds. The van der Waals surface area contributed by atoms with Gasteiger partial charge < -0.3 is 5.32 Å². The number of benzene rings is 1. The summed E-state index contributed by atoms with van der Waals surface area (Å²) in [7, 11) is -3.74. The van der Waals surface area contributed by atoms with Crippen LogP contribution in [0.5, 0.6) is 0 Å². The Morgan fingerprint density at radius 1 is 1.18 bits per heavy atom. The number of sulfonamides is 1. The standard InChI is InChI=1S/C26H37N3O3S/c1-16(2)13-29-33(31,32)24-21-11-19(25(30)28-15-26(3,4)5)9-8-18(21)10-20-14-27-23(12-22(20)24)17-6-7-17/h10,12,14,16-17,19,29H,6-9,11,13,15H2,1-5H3,(H,28,30). The lowest BCUT2D eigenvalue weighted by Gasteiger charge is -2.28. The molecule has 0 saturated heterocycles. The molecule has 2 aliphatic rings. The van der Waals surface area contributed by atoms with Gasteiger partial charge in [-0.3, -0.25) is 9.78 Å². The number of pyridine rings is 1. The summed E-state index contributed by atoms with van der Waals surface area (Å²) in [4.78, 5) is 17.9. The Morgan fingerprint density at radius 3 is 2.55 bits per heavy atom. The largest absolute Gasteiger partial charge is 0.355 e. The quantitative estimate of drug-likeness (QED) is 0.630. The summed E-state index contributed by atoms with van der Waals surface area (Å²) in [5.74, 6) is 0.425. The number of rotatable bonds is 7. The highest BCUT2D eigenvalue weighted by Crippen LogP contribution is 2.42. The van der Waals surface area contributed by atoms with Gasteiger partial charge in [0, 0.05) is 47.6 Å². The molecule has 1 heterocycles. The second kappa shape index (κ2) is 8.99. The summed E-state index contributed by atoms with van der Waals surface area (Å²) in [6.45, 7) is 11.2. The van der Waals surface area contributed by atoms with Crippen molar-refractivity contribution in [1.82, 2.24) is 15.0 Å². The predicted molar refractivity (Wildman–Crippen MR) is 132 cm³/mol. The molecule has 0 bridgehead atoms. The van der Waals surface area contributed by atoms with E-state index in [2.05, 4.69) is 41.9 Å². The molecule has 1 fully saturated rings. The first-order valence-electron chi connectivity index (χ1n) is 12.2. The molecule has 1 atom stereocenters. The Kier molecular flexibility index (Phi) is 6.58. The van der Waals surface area contributed by atoms with Gasteiger partial charge in [0.05, 0.1) is 4.90 Å². The van der Waals surface area contributed by atoms with Crippen LogP contribution in [0.25, 0.3) is 10.8 Å². The normalized spacial score (nSPS) is 19.0. The van der Waals surface area contributed by atoms with Gasteiger partial charge in [0.15, 0.2) is 0 Å². The van der Waals surface area contributed by atoms with E-state index in [1.165, 1.54) is 0 Å². The zero-order valence-corrected chi connectivity index (χ0v) is 21.3. The number of carbonyl (C=O) groups is 1. The smallest absolute Gasteiger partial charge is 0.241 e. The molecule has 2 N–H and O–H groups in total. The molecule has 6 nitrogen and oxygen atoms in total. The van der Waals surface area contributed by atoms with Gasteiger partial charge in [0.1, 0.15) is 0 Å². The van der Waals surface area contributed by atoms with Crippen molar-refractivity contribution in [2.45, 2.75) is 77.5 Å². The van der Waals surface area contributed by atoms with Crippen molar-refractivity contribution in [2.24, 2.45) is 17.3 Å². The number of carbonyl (C=O) groups excluding carboxylic acids is 1.